The molecule has 4 aromatic rings. The topological polar surface area (TPSA) is 68.3 Å². The normalized spacial score (nSPS) is 10.8. The van der Waals surface area contributed by atoms with Crippen LogP contribution < -0.4 is 5.32 Å². The lowest BCUT2D eigenvalue weighted by molar-refractivity contribution is -0.146. The lowest BCUT2D eigenvalue weighted by Gasteiger charge is -2.07. The second-order valence-corrected chi connectivity index (χ2v) is 7.04. The van der Waals surface area contributed by atoms with Gasteiger partial charge in [0.25, 0.3) is 5.91 Å². The number of benzene rings is 3. The summed E-state index contributed by atoms with van der Waals surface area (Å²) in [6, 6.07) is 21.3. The molecule has 0 aliphatic heterocycles. The molecule has 0 aliphatic rings. The van der Waals surface area contributed by atoms with Crippen molar-refractivity contribution in [2.75, 3.05) is 11.9 Å². The molecule has 0 saturated heterocycles. The third kappa shape index (κ3) is 3.96. The minimum atomic E-state index is -0.439. The number of para-hydroxylation sites is 1. The highest BCUT2D eigenvalue weighted by Gasteiger charge is 2.12. The predicted octanol–water partition coefficient (Wildman–Crippen LogP) is 4.17. The van der Waals surface area contributed by atoms with Crippen LogP contribution in [0.4, 0.5) is 5.13 Å². The first-order chi connectivity index (χ1) is 13.2. The number of hydrogen-bond acceptors (Lipinski definition) is 5. The highest BCUT2D eigenvalue weighted by molar-refractivity contribution is 7.22. The Kier molecular flexibility index (Phi) is 4.80. The van der Waals surface area contributed by atoms with Gasteiger partial charge >= 0.3 is 5.97 Å². The molecular weight excluding hydrogens is 360 g/mol. The molecule has 1 N–H and O–H groups in total. The molecule has 0 radical (unpaired) electrons. The van der Waals surface area contributed by atoms with Gasteiger partial charge in [0.1, 0.15) is 0 Å². The zero-order valence-electron chi connectivity index (χ0n) is 14.3. The van der Waals surface area contributed by atoms with Gasteiger partial charge in [-0.25, -0.2) is 4.98 Å². The first-order valence-electron chi connectivity index (χ1n) is 8.47. The number of ether oxygens (including phenoxy) is 1. The van der Waals surface area contributed by atoms with Gasteiger partial charge in [0.05, 0.1) is 16.6 Å². The minimum absolute atomic E-state index is 0.121. The smallest absolute Gasteiger partial charge is 0.310 e. The van der Waals surface area contributed by atoms with Crippen molar-refractivity contribution in [1.82, 2.24) is 4.98 Å². The summed E-state index contributed by atoms with van der Waals surface area (Å²) in [6.45, 7) is -0.334. The molecule has 134 valence electrons. The summed E-state index contributed by atoms with van der Waals surface area (Å²) in [5, 5.41) is 5.24. The van der Waals surface area contributed by atoms with E-state index in [0.717, 1.165) is 26.6 Å². The maximum atomic E-state index is 12.1. The Balaban J connectivity index is 1.35. The number of rotatable bonds is 5. The summed E-state index contributed by atoms with van der Waals surface area (Å²) in [7, 11) is 0. The zero-order valence-corrected chi connectivity index (χ0v) is 15.2. The van der Waals surface area contributed by atoms with Gasteiger partial charge in [-0.1, -0.05) is 65.9 Å². The van der Waals surface area contributed by atoms with Gasteiger partial charge in [0.15, 0.2) is 11.7 Å². The fraction of sp³-hybridized carbons (Fsp3) is 0.0952. The first-order valence-corrected chi connectivity index (χ1v) is 9.28. The molecule has 0 spiro atoms. The minimum Gasteiger partial charge on any atom is -0.455 e. The SMILES string of the molecule is O=C(COC(=O)Cc1cccc2ccccc12)Nc1nc2ccccc2s1. The maximum Gasteiger partial charge on any atom is 0.310 e. The summed E-state index contributed by atoms with van der Waals surface area (Å²) in [5.74, 6) is -0.842. The third-order valence-corrected chi connectivity index (χ3v) is 5.07. The molecule has 27 heavy (non-hydrogen) atoms. The van der Waals surface area contributed by atoms with E-state index in [4.69, 9.17) is 4.74 Å². The number of anilines is 1. The van der Waals surface area contributed by atoms with Gasteiger partial charge in [-0.3, -0.25) is 14.9 Å². The first kappa shape index (κ1) is 17.2. The van der Waals surface area contributed by atoms with E-state index in [1.54, 1.807) is 0 Å². The Morgan fingerprint density at radius 3 is 2.63 bits per heavy atom. The van der Waals surface area contributed by atoms with E-state index in [2.05, 4.69) is 10.3 Å². The van der Waals surface area contributed by atoms with Crippen molar-refractivity contribution in [3.63, 3.8) is 0 Å². The van der Waals surface area contributed by atoms with Gasteiger partial charge < -0.3 is 4.74 Å². The highest BCUT2D eigenvalue weighted by Crippen LogP contribution is 2.25. The van der Waals surface area contributed by atoms with Gasteiger partial charge in [-0.15, -0.1) is 0 Å². The van der Waals surface area contributed by atoms with E-state index in [-0.39, 0.29) is 13.0 Å². The zero-order chi connectivity index (χ0) is 18.6. The number of hydrogen-bond donors (Lipinski definition) is 1. The Morgan fingerprint density at radius 2 is 1.74 bits per heavy atom. The molecule has 0 unspecified atom stereocenters. The summed E-state index contributed by atoms with van der Waals surface area (Å²) in [6.07, 6.45) is 0.121. The Morgan fingerprint density at radius 1 is 0.963 bits per heavy atom. The van der Waals surface area contributed by atoms with Crippen LogP contribution in [-0.4, -0.2) is 23.5 Å². The largest absolute Gasteiger partial charge is 0.455 e. The molecule has 5 nitrogen and oxygen atoms in total. The second kappa shape index (κ2) is 7.55. The molecule has 6 heteroatoms. The third-order valence-electron chi connectivity index (χ3n) is 4.12. The Hall–Kier alpha value is -3.25. The number of carbonyl (C=O) groups is 2. The second-order valence-electron chi connectivity index (χ2n) is 6.01. The predicted molar refractivity (Wildman–Crippen MR) is 107 cm³/mol. The lowest BCUT2D eigenvalue weighted by Crippen LogP contribution is -2.21. The molecule has 1 aromatic heterocycles. The lowest BCUT2D eigenvalue weighted by atomic mass is 10.0. The summed E-state index contributed by atoms with van der Waals surface area (Å²) < 4.78 is 6.12. The molecular formula is C21H16N2O3S. The average Bonchev–Trinajstić information content (AvgIpc) is 3.09. The fourth-order valence-corrected chi connectivity index (χ4v) is 3.76. The Labute approximate surface area is 159 Å². The number of carbonyl (C=O) groups excluding carboxylic acids is 2. The monoisotopic (exact) mass is 376 g/mol. The highest BCUT2D eigenvalue weighted by atomic mass is 32.1. The van der Waals surface area contributed by atoms with Gasteiger partial charge in [-0.2, -0.15) is 0 Å². The number of nitrogens with one attached hydrogen (secondary N) is 1. The molecule has 0 aliphatic carbocycles. The quantitative estimate of drug-likeness (QED) is 0.531. The van der Waals surface area contributed by atoms with Crippen LogP contribution in [0, 0.1) is 0 Å². The van der Waals surface area contributed by atoms with E-state index in [0.29, 0.717) is 5.13 Å². The van der Waals surface area contributed by atoms with Crippen molar-refractivity contribution in [3.05, 3.63) is 72.3 Å². The van der Waals surface area contributed by atoms with E-state index in [1.807, 2.05) is 66.7 Å². The van der Waals surface area contributed by atoms with Crippen LogP contribution in [0.1, 0.15) is 5.56 Å². The van der Waals surface area contributed by atoms with Crippen molar-refractivity contribution in [1.29, 1.82) is 0 Å². The number of fused-ring (bicyclic) bond motifs is 2. The molecule has 1 heterocycles. The van der Waals surface area contributed by atoms with Crippen LogP contribution in [-0.2, 0) is 20.7 Å². The summed E-state index contributed by atoms with van der Waals surface area (Å²) >= 11 is 1.38. The molecule has 3 aromatic carbocycles. The van der Waals surface area contributed by atoms with E-state index in [1.165, 1.54) is 11.3 Å². The fourth-order valence-electron chi connectivity index (χ4n) is 2.88. The molecule has 0 atom stereocenters. The van der Waals surface area contributed by atoms with E-state index in [9.17, 15) is 9.59 Å². The molecule has 0 saturated carbocycles. The van der Waals surface area contributed by atoms with Gasteiger partial charge in [0.2, 0.25) is 0 Å². The van der Waals surface area contributed by atoms with Crippen LogP contribution in [0.25, 0.3) is 21.0 Å². The standard InChI is InChI=1S/C21H16N2O3S/c24-19(23-21-22-17-10-3-4-11-18(17)27-21)13-26-20(25)12-15-8-5-7-14-6-1-2-9-16(14)15/h1-11H,12-13H2,(H,22,23,24). The number of thiazole rings is 1. The van der Waals surface area contributed by atoms with Crippen molar-refractivity contribution in [2.24, 2.45) is 0 Å². The van der Waals surface area contributed by atoms with E-state index < -0.39 is 11.9 Å². The summed E-state index contributed by atoms with van der Waals surface area (Å²) in [4.78, 5) is 28.5. The van der Waals surface area contributed by atoms with Gasteiger partial charge in [-0.05, 0) is 28.5 Å². The maximum absolute atomic E-state index is 12.1. The summed E-state index contributed by atoms with van der Waals surface area (Å²) in [5.41, 5.74) is 1.70. The van der Waals surface area contributed by atoms with Crippen LogP contribution in [0.15, 0.2) is 66.7 Å². The van der Waals surface area contributed by atoms with Crippen molar-refractivity contribution >= 4 is 49.3 Å². The molecule has 0 bridgehead atoms. The van der Waals surface area contributed by atoms with E-state index >= 15 is 0 Å². The number of aromatic nitrogens is 1. The molecule has 0 fully saturated rings. The van der Waals surface area contributed by atoms with Gasteiger partial charge in [0, 0.05) is 0 Å². The molecule has 1 amide bonds. The van der Waals surface area contributed by atoms with Crippen molar-refractivity contribution in [2.45, 2.75) is 6.42 Å². The number of amides is 1. The van der Waals surface area contributed by atoms with Crippen LogP contribution in [0.5, 0.6) is 0 Å². The average molecular weight is 376 g/mol. The molecule has 4 rings (SSSR count). The van der Waals surface area contributed by atoms with Crippen LogP contribution in [0.2, 0.25) is 0 Å². The van der Waals surface area contributed by atoms with Crippen molar-refractivity contribution in [3.8, 4) is 0 Å². The number of nitrogens with zero attached hydrogens (tertiary/aromatic N) is 1. The number of esters is 1. The van der Waals surface area contributed by atoms with Crippen LogP contribution >= 0.6 is 11.3 Å². The van der Waals surface area contributed by atoms with Crippen molar-refractivity contribution < 1.29 is 14.3 Å². The van der Waals surface area contributed by atoms with Crippen LogP contribution in [0.3, 0.4) is 0 Å². The Bertz CT molecular complexity index is 1100.